The number of benzene rings is 1. The molecule has 0 saturated carbocycles. The molecular weight excluding hydrogens is 293 g/mol. The molecule has 1 aromatic heterocycles. The van der Waals surface area contributed by atoms with Crippen molar-refractivity contribution in [3.63, 3.8) is 0 Å². The lowest BCUT2D eigenvalue weighted by Crippen LogP contribution is -2.25. The van der Waals surface area contributed by atoms with Gasteiger partial charge in [-0.25, -0.2) is 4.39 Å². The van der Waals surface area contributed by atoms with Crippen LogP contribution in [-0.4, -0.2) is 35.4 Å². The Labute approximate surface area is 135 Å². The molecule has 1 unspecified atom stereocenters. The minimum absolute atomic E-state index is 0.0862. The number of hydrogen-bond acceptors (Lipinski definition) is 3. The first-order chi connectivity index (χ1) is 11.2. The van der Waals surface area contributed by atoms with E-state index in [1.54, 1.807) is 12.1 Å². The molecule has 2 aromatic rings. The van der Waals surface area contributed by atoms with Crippen molar-refractivity contribution < 1.29 is 9.18 Å². The number of halogens is 1. The van der Waals surface area contributed by atoms with E-state index in [-0.39, 0.29) is 11.7 Å². The van der Waals surface area contributed by atoms with Crippen LogP contribution in [0.5, 0.6) is 0 Å². The van der Waals surface area contributed by atoms with Gasteiger partial charge in [-0.1, -0.05) is 12.1 Å². The topological polar surface area (TPSA) is 45.2 Å². The lowest BCUT2D eigenvalue weighted by atomic mass is 10.0. The summed E-state index contributed by atoms with van der Waals surface area (Å²) in [6, 6.07) is 12.0. The molecule has 1 aliphatic rings. The second-order valence-corrected chi connectivity index (χ2v) is 5.85. The number of carbonyl (C=O) groups excluding carboxylic acids is 1. The molecule has 1 aliphatic heterocycles. The normalized spacial score (nSPS) is 18.0. The molecule has 1 fully saturated rings. The Balaban J connectivity index is 1.45. The van der Waals surface area contributed by atoms with Gasteiger partial charge in [0.2, 0.25) is 5.91 Å². The van der Waals surface area contributed by atoms with Gasteiger partial charge in [-0.3, -0.25) is 9.78 Å². The van der Waals surface area contributed by atoms with Crippen LogP contribution in [-0.2, 0) is 4.79 Å². The number of hydrogen-bond donors (Lipinski definition) is 1. The fourth-order valence-electron chi connectivity index (χ4n) is 2.94. The second-order valence-electron chi connectivity index (χ2n) is 5.85. The number of aromatic nitrogens is 1. The summed E-state index contributed by atoms with van der Waals surface area (Å²) in [6.45, 7) is 2.63. The summed E-state index contributed by atoms with van der Waals surface area (Å²) >= 11 is 0. The van der Waals surface area contributed by atoms with Crippen molar-refractivity contribution in [1.82, 2.24) is 9.88 Å². The van der Waals surface area contributed by atoms with E-state index in [0.29, 0.717) is 24.6 Å². The van der Waals surface area contributed by atoms with Gasteiger partial charge >= 0.3 is 0 Å². The van der Waals surface area contributed by atoms with Crippen molar-refractivity contribution in [3.8, 4) is 0 Å². The number of nitrogens with zero attached hydrogens (tertiary/aromatic N) is 2. The maximum atomic E-state index is 13.1. The summed E-state index contributed by atoms with van der Waals surface area (Å²) < 4.78 is 13.1. The van der Waals surface area contributed by atoms with Gasteiger partial charge in [0, 0.05) is 43.0 Å². The van der Waals surface area contributed by atoms with Crippen molar-refractivity contribution in [1.29, 1.82) is 0 Å². The highest BCUT2D eigenvalue weighted by atomic mass is 19.1. The monoisotopic (exact) mass is 313 g/mol. The third-order valence-corrected chi connectivity index (χ3v) is 4.14. The molecule has 0 aliphatic carbocycles. The third kappa shape index (κ3) is 4.36. The van der Waals surface area contributed by atoms with Gasteiger partial charge in [0.1, 0.15) is 5.82 Å². The maximum absolute atomic E-state index is 13.1. The van der Waals surface area contributed by atoms with Crippen molar-refractivity contribution in [3.05, 3.63) is 60.2 Å². The molecule has 3 rings (SSSR count). The fourth-order valence-corrected chi connectivity index (χ4v) is 2.94. The summed E-state index contributed by atoms with van der Waals surface area (Å²) in [5.74, 6) is 0.0138. The highest BCUT2D eigenvalue weighted by molar-refractivity contribution is 5.90. The number of pyridine rings is 1. The Kier molecular flexibility index (Phi) is 4.98. The van der Waals surface area contributed by atoms with Gasteiger partial charge in [-0.2, -0.15) is 0 Å². The van der Waals surface area contributed by atoms with E-state index in [9.17, 15) is 9.18 Å². The Morgan fingerprint density at radius 3 is 3.00 bits per heavy atom. The van der Waals surface area contributed by atoms with Gasteiger partial charge in [0.15, 0.2) is 0 Å². The lowest BCUT2D eigenvalue weighted by molar-refractivity contribution is -0.116. The van der Waals surface area contributed by atoms with Crippen molar-refractivity contribution in [2.24, 2.45) is 0 Å². The molecule has 0 spiro atoms. The SMILES string of the molecule is O=C(CCN1CCC(c2ccccn2)C1)Nc1cccc(F)c1. The van der Waals surface area contributed by atoms with Gasteiger partial charge < -0.3 is 10.2 Å². The highest BCUT2D eigenvalue weighted by Crippen LogP contribution is 2.25. The van der Waals surface area contributed by atoms with Crippen LogP contribution in [0.2, 0.25) is 0 Å². The number of rotatable bonds is 5. The highest BCUT2D eigenvalue weighted by Gasteiger charge is 2.24. The molecule has 1 saturated heterocycles. The zero-order chi connectivity index (χ0) is 16.1. The Morgan fingerprint density at radius 1 is 1.30 bits per heavy atom. The summed E-state index contributed by atoms with van der Waals surface area (Å²) in [6.07, 6.45) is 3.30. The van der Waals surface area contributed by atoms with E-state index < -0.39 is 0 Å². The minimum atomic E-state index is -0.347. The lowest BCUT2D eigenvalue weighted by Gasteiger charge is -2.15. The van der Waals surface area contributed by atoms with Gasteiger partial charge in [0.25, 0.3) is 0 Å². The molecular formula is C18H20FN3O. The summed E-state index contributed by atoms with van der Waals surface area (Å²) in [5, 5.41) is 2.73. The summed E-state index contributed by atoms with van der Waals surface area (Å²) in [7, 11) is 0. The Hall–Kier alpha value is -2.27. The predicted molar refractivity (Wildman–Crippen MR) is 87.7 cm³/mol. The average molecular weight is 313 g/mol. The van der Waals surface area contributed by atoms with E-state index in [1.807, 2.05) is 18.3 Å². The van der Waals surface area contributed by atoms with E-state index in [0.717, 1.165) is 25.2 Å². The van der Waals surface area contributed by atoms with E-state index in [1.165, 1.54) is 12.1 Å². The van der Waals surface area contributed by atoms with Gasteiger partial charge in [0.05, 0.1) is 0 Å². The van der Waals surface area contributed by atoms with Gasteiger partial charge in [-0.15, -0.1) is 0 Å². The average Bonchev–Trinajstić information content (AvgIpc) is 3.03. The zero-order valence-corrected chi connectivity index (χ0v) is 12.9. The number of nitrogens with one attached hydrogen (secondary N) is 1. The quantitative estimate of drug-likeness (QED) is 0.923. The molecule has 1 N–H and O–H groups in total. The van der Waals surface area contributed by atoms with Crippen LogP contribution in [0.4, 0.5) is 10.1 Å². The maximum Gasteiger partial charge on any atom is 0.225 e. The molecule has 120 valence electrons. The molecule has 0 radical (unpaired) electrons. The largest absolute Gasteiger partial charge is 0.326 e. The molecule has 1 amide bonds. The number of carbonyl (C=O) groups is 1. The molecule has 4 nitrogen and oxygen atoms in total. The Morgan fingerprint density at radius 2 is 2.22 bits per heavy atom. The molecule has 5 heteroatoms. The van der Waals surface area contributed by atoms with Crippen LogP contribution in [0.15, 0.2) is 48.7 Å². The molecule has 1 atom stereocenters. The van der Waals surface area contributed by atoms with Crippen molar-refractivity contribution in [2.75, 3.05) is 25.0 Å². The van der Waals surface area contributed by atoms with Crippen LogP contribution in [0.3, 0.4) is 0 Å². The second kappa shape index (κ2) is 7.33. The molecule has 2 heterocycles. The van der Waals surface area contributed by atoms with Crippen molar-refractivity contribution >= 4 is 11.6 Å². The zero-order valence-electron chi connectivity index (χ0n) is 12.9. The fraction of sp³-hybridized carbons (Fsp3) is 0.333. The predicted octanol–water partition coefficient (Wildman–Crippen LogP) is 3.04. The van der Waals surface area contributed by atoms with Crippen LogP contribution >= 0.6 is 0 Å². The van der Waals surface area contributed by atoms with Crippen LogP contribution in [0.25, 0.3) is 0 Å². The van der Waals surface area contributed by atoms with Crippen LogP contribution in [0, 0.1) is 5.82 Å². The van der Waals surface area contributed by atoms with E-state index in [2.05, 4.69) is 21.3 Å². The number of anilines is 1. The standard InChI is InChI=1S/C18H20FN3O/c19-15-4-3-5-16(12-15)21-18(23)8-11-22-10-7-14(13-22)17-6-1-2-9-20-17/h1-6,9,12,14H,7-8,10-11,13H2,(H,21,23). The first-order valence-electron chi connectivity index (χ1n) is 7.89. The number of likely N-dealkylation sites (tertiary alicyclic amines) is 1. The third-order valence-electron chi connectivity index (χ3n) is 4.14. The smallest absolute Gasteiger partial charge is 0.225 e. The van der Waals surface area contributed by atoms with Gasteiger partial charge in [-0.05, 0) is 43.3 Å². The van der Waals surface area contributed by atoms with E-state index >= 15 is 0 Å². The summed E-state index contributed by atoms with van der Waals surface area (Å²) in [4.78, 5) is 18.7. The molecule has 1 aromatic carbocycles. The molecule has 23 heavy (non-hydrogen) atoms. The minimum Gasteiger partial charge on any atom is -0.326 e. The van der Waals surface area contributed by atoms with E-state index in [4.69, 9.17) is 0 Å². The number of amides is 1. The van der Waals surface area contributed by atoms with Crippen LogP contribution < -0.4 is 5.32 Å². The Bertz CT molecular complexity index is 662. The van der Waals surface area contributed by atoms with Crippen molar-refractivity contribution in [2.45, 2.75) is 18.8 Å². The summed E-state index contributed by atoms with van der Waals surface area (Å²) in [5.41, 5.74) is 1.63. The first kappa shape index (κ1) is 15.6. The first-order valence-corrected chi connectivity index (χ1v) is 7.89. The van der Waals surface area contributed by atoms with Crippen LogP contribution in [0.1, 0.15) is 24.5 Å². The molecule has 0 bridgehead atoms.